The van der Waals surface area contributed by atoms with Crippen molar-refractivity contribution in [3.8, 4) is 11.6 Å². The van der Waals surface area contributed by atoms with Crippen LogP contribution in [0.25, 0.3) is 10.9 Å². The van der Waals surface area contributed by atoms with Gasteiger partial charge in [-0.3, -0.25) is 19.1 Å². The molecule has 3 amide bonds. The third-order valence-electron chi connectivity index (χ3n) is 11.0. The van der Waals surface area contributed by atoms with Gasteiger partial charge in [0.1, 0.15) is 29.0 Å². The van der Waals surface area contributed by atoms with Crippen molar-refractivity contribution in [1.82, 2.24) is 19.9 Å². The number of nitrogens with one attached hydrogen (secondary N) is 2. The number of alkyl carbamates (subject to hydrolysis) is 1. The fourth-order valence-electron chi connectivity index (χ4n) is 7.50. The summed E-state index contributed by atoms with van der Waals surface area (Å²) in [5.74, 6) is -4.43. The van der Waals surface area contributed by atoms with Crippen molar-refractivity contribution in [2.75, 3.05) is 6.54 Å². The number of carbonyl (C=O) groups excluding carboxylic acids is 4. The van der Waals surface area contributed by atoms with Gasteiger partial charge in [0, 0.05) is 24.3 Å². The summed E-state index contributed by atoms with van der Waals surface area (Å²) in [6.45, 7) is 10.0. The molecule has 306 valence electrons. The van der Waals surface area contributed by atoms with Gasteiger partial charge in [0.05, 0.1) is 28.9 Å². The molecule has 1 aromatic carbocycles. The van der Waals surface area contributed by atoms with Crippen LogP contribution in [0.1, 0.15) is 106 Å². The topological polar surface area (TPSA) is 170 Å². The number of carbonyl (C=O) groups is 4. The molecule has 6 rings (SSSR count). The molecule has 1 aromatic heterocycles. The zero-order chi connectivity index (χ0) is 40.8. The minimum Gasteiger partial charge on any atom is -0.488 e. The molecule has 1 saturated heterocycles. The summed E-state index contributed by atoms with van der Waals surface area (Å²) in [6, 6.07) is 1.50. The van der Waals surface area contributed by atoms with Crippen LogP contribution in [0.3, 0.4) is 0 Å². The van der Waals surface area contributed by atoms with E-state index >= 15 is 4.39 Å². The van der Waals surface area contributed by atoms with Crippen LogP contribution in [-0.2, 0) is 29.1 Å². The van der Waals surface area contributed by atoms with Crippen molar-refractivity contribution in [3.05, 3.63) is 42.0 Å². The van der Waals surface area contributed by atoms with E-state index in [0.29, 0.717) is 25.7 Å². The third-order valence-corrected chi connectivity index (χ3v) is 13.2. The summed E-state index contributed by atoms with van der Waals surface area (Å²) in [4.78, 5) is 61.5. The molecule has 2 aliphatic carbocycles. The number of allylic oxidation sites excluding steroid dienone is 2. The number of pyridine rings is 1. The van der Waals surface area contributed by atoms with Crippen molar-refractivity contribution in [2.45, 2.75) is 140 Å². The molecule has 0 spiro atoms. The van der Waals surface area contributed by atoms with Gasteiger partial charge in [-0.2, -0.15) is 0 Å². The number of Topliss-reactive ketones (excluding diaryl/α,β-unsaturated/α-hetero) is 1. The Bertz CT molecular complexity index is 2030. The number of halogens is 2. The lowest BCUT2D eigenvalue weighted by molar-refractivity contribution is -0.140. The smallest absolute Gasteiger partial charge is 0.408 e. The normalized spacial score (nSPS) is 27.3. The summed E-state index contributed by atoms with van der Waals surface area (Å²) in [7, 11) is -4.00. The van der Waals surface area contributed by atoms with Gasteiger partial charge < -0.3 is 24.4 Å². The Balaban J connectivity index is 1.35. The van der Waals surface area contributed by atoms with E-state index in [-0.39, 0.29) is 60.9 Å². The minimum atomic E-state index is -4.00. The zero-order valence-electron chi connectivity index (χ0n) is 32.8. The van der Waals surface area contributed by atoms with E-state index in [4.69, 9.17) is 14.2 Å². The maximum absolute atomic E-state index is 15.1. The Morgan fingerprint density at radius 3 is 2.50 bits per heavy atom. The number of benzene rings is 1. The van der Waals surface area contributed by atoms with E-state index in [9.17, 15) is 32.0 Å². The average Bonchev–Trinajstić information content (AvgIpc) is 3.97. The van der Waals surface area contributed by atoms with Crippen LogP contribution >= 0.6 is 0 Å². The molecule has 0 unspecified atom stereocenters. The second kappa shape index (κ2) is 15.5. The molecule has 3 heterocycles. The number of ether oxygens (including phenoxy) is 3. The predicted molar refractivity (Wildman–Crippen MR) is 202 cm³/mol. The van der Waals surface area contributed by atoms with Crippen molar-refractivity contribution >= 4 is 44.6 Å². The van der Waals surface area contributed by atoms with Crippen LogP contribution in [0, 0.1) is 23.0 Å². The highest BCUT2D eigenvalue weighted by molar-refractivity contribution is 7.91. The first kappa shape index (κ1) is 41.3. The number of aromatic nitrogens is 1. The molecule has 2 aliphatic heterocycles. The summed E-state index contributed by atoms with van der Waals surface area (Å²) in [5.41, 5.74) is -2.52. The largest absolute Gasteiger partial charge is 0.488 e. The van der Waals surface area contributed by atoms with Crippen LogP contribution in [0.2, 0.25) is 0 Å². The summed E-state index contributed by atoms with van der Waals surface area (Å²) < 4.78 is 74.6. The minimum absolute atomic E-state index is 0.0237. The Hall–Kier alpha value is -4.34. The maximum atomic E-state index is 15.1. The molecule has 0 bridgehead atoms. The number of rotatable bonds is 8. The monoisotopic (exact) mass is 802 g/mol. The molecule has 0 radical (unpaired) electrons. The fraction of sp³-hybridized carbons (Fsp3) is 0.625. The first-order chi connectivity index (χ1) is 26.2. The zero-order valence-corrected chi connectivity index (χ0v) is 33.6. The number of amides is 3. The number of fused-ring (bicyclic) bond motifs is 3. The second-order valence-electron chi connectivity index (χ2n) is 17.1. The van der Waals surface area contributed by atoms with Crippen LogP contribution in [-0.4, -0.2) is 83.2 Å². The Labute approximate surface area is 326 Å². The van der Waals surface area contributed by atoms with Crippen molar-refractivity contribution < 1.29 is 50.6 Å². The van der Waals surface area contributed by atoms with Crippen molar-refractivity contribution in [3.63, 3.8) is 0 Å². The van der Waals surface area contributed by atoms with Gasteiger partial charge in [-0.1, -0.05) is 25.0 Å². The first-order valence-electron chi connectivity index (χ1n) is 19.4. The van der Waals surface area contributed by atoms with E-state index in [1.54, 1.807) is 41.5 Å². The number of ketones is 1. The second-order valence-corrected chi connectivity index (χ2v) is 19.3. The van der Waals surface area contributed by atoms with Gasteiger partial charge in [0.25, 0.3) is 0 Å². The lowest BCUT2D eigenvalue weighted by Crippen LogP contribution is -2.53. The highest BCUT2D eigenvalue weighted by Crippen LogP contribution is 2.57. The van der Waals surface area contributed by atoms with Crippen LogP contribution < -0.4 is 19.5 Å². The first-order valence-corrected chi connectivity index (χ1v) is 20.9. The van der Waals surface area contributed by atoms with Crippen LogP contribution in [0.15, 0.2) is 30.4 Å². The standard InChI is InChI=1S/C40H52F2N4O9S/c1-23(2)53-32-19-31(26-14-15-27(41)33(42)34(26)44-32)54-25-18-29-30(47)21-40(36(49)45-56(51,52)39(6)16-17-39)20-24(40)12-10-8-7-9-11-13-28(35(48)46(29)22-25)43-37(50)55-38(3,4)5/h10,12,14-15,19,23-25,28-29H,7-9,11,13,16-18,20-22H2,1-6H3,(H,43,50)(H,45,49)/b12-10-/t24-,25-,28+,29+,40-/m1/s1. The number of nitrogens with zero attached hydrogens (tertiary/aromatic N) is 2. The molecule has 5 atom stereocenters. The average molecular weight is 803 g/mol. The van der Waals surface area contributed by atoms with Crippen LogP contribution in [0.4, 0.5) is 13.6 Å². The number of sulfonamides is 1. The molecule has 4 aliphatic rings. The number of hydrogen-bond donors (Lipinski definition) is 2. The highest BCUT2D eigenvalue weighted by Gasteiger charge is 2.62. The Morgan fingerprint density at radius 2 is 1.82 bits per heavy atom. The van der Waals surface area contributed by atoms with Gasteiger partial charge in [-0.25, -0.2) is 27.0 Å². The highest BCUT2D eigenvalue weighted by atomic mass is 32.2. The molecular formula is C40H52F2N4O9S. The molecule has 2 N–H and O–H groups in total. The van der Waals surface area contributed by atoms with Crippen molar-refractivity contribution in [1.29, 1.82) is 0 Å². The molecule has 56 heavy (non-hydrogen) atoms. The summed E-state index contributed by atoms with van der Waals surface area (Å²) >= 11 is 0. The maximum Gasteiger partial charge on any atom is 0.408 e. The molecule has 16 heteroatoms. The molecular weight excluding hydrogens is 751 g/mol. The molecule has 3 fully saturated rings. The van der Waals surface area contributed by atoms with E-state index in [0.717, 1.165) is 18.9 Å². The van der Waals surface area contributed by atoms with E-state index in [2.05, 4.69) is 15.0 Å². The molecule has 13 nitrogen and oxygen atoms in total. The van der Waals surface area contributed by atoms with Gasteiger partial charge in [0.15, 0.2) is 17.4 Å². The Kier molecular flexibility index (Phi) is 11.5. The Morgan fingerprint density at radius 1 is 1.09 bits per heavy atom. The number of hydrogen-bond acceptors (Lipinski definition) is 10. The van der Waals surface area contributed by atoms with Crippen LogP contribution in [0.5, 0.6) is 11.6 Å². The fourth-order valence-corrected chi connectivity index (χ4v) is 8.83. The molecule has 2 saturated carbocycles. The van der Waals surface area contributed by atoms with Gasteiger partial charge in [-0.15, -0.1) is 0 Å². The van der Waals surface area contributed by atoms with E-state index in [1.165, 1.54) is 17.0 Å². The lowest BCUT2D eigenvalue weighted by atomic mass is 9.91. The summed E-state index contributed by atoms with van der Waals surface area (Å²) in [5, 5.41) is 2.85. The van der Waals surface area contributed by atoms with Gasteiger partial charge in [0.2, 0.25) is 27.7 Å². The summed E-state index contributed by atoms with van der Waals surface area (Å²) in [6.07, 6.45) is 5.46. The predicted octanol–water partition coefficient (Wildman–Crippen LogP) is 6.03. The lowest BCUT2D eigenvalue weighted by Gasteiger charge is -2.30. The SMILES string of the molecule is CC(C)Oc1cc(O[C@@H]2C[C@H]3C(=O)C[C@]4(C(=O)NS(=O)(=O)C5(C)CC5)C[C@H]4/C=C\CCCCC[C@H](NC(=O)OC(C)(C)C)C(=O)N3C2)c2ccc(F)c(F)c2n1. The third kappa shape index (κ3) is 8.94. The quantitative estimate of drug-likeness (QED) is 0.301. The molecule has 2 aromatic rings. The van der Waals surface area contributed by atoms with Gasteiger partial charge >= 0.3 is 6.09 Å². The van der Waals surface area contributed by atoms with E-state index in [1.807, 2.05) is 12.2 Å². The van der Waals surface area contributed by atoms with E-state index < -0.39 is 85.2 Å². The van der Waals surface area contributed by atoms with Crippen molar-refractivity contribution in [2.24, 2.45) is 11.3 Å². The van der Waals surface area contributed by atoms with Gasteiger partial charge in [-0.05, 0) is 98.1 Å².